The Labute approximate surface area is 197 Å². The van der Waals surface area contributed by atoms with Crippen molar-refractivity contribution in [2.75, 3.05) is 18.5 Å². The van der Waals surface area contributed by atoms with E-state index in [0.717, 1.165) is 12.8 Å². The highest BCUT2D eigenvalue weighted by Gasteiger charge is 2.32. The molecule has 34 heavy (non-hydrogen) atoms. The SMILES string of the molecule is CCCC1COC(c2c(F)c(-c3cnc(C(C)(C)O)nc3)cc3[nH]c(NC(=O)NCC)nc23)C1. The molecule has 10 heteroatoms. The van der Waals surface area contributed by atoms with Gasteiger partial charge in [0.15, 0.2) is 5.82 Å². The van der Waals surface area contributed by atoms with E-state index in [1.54, 1.807) is 19.9 Å². The molecule has 0 aliphatic carbocycles. The number of carbonyl (C=O) groups excluding carboxylic acids is 1. The zero-order valence-electron chi connectivity index (χ0n) is 19.9. The Kier molecular flexibility index (Phi) is 6.81. The number of amides is 2. The van der Waals surface area contributed by atoms with Crippen molar-refractivity contribution in [2.24, 2.45) is 5.92 Å². The fraction of sp³-hybridized carbons (Fsp3) is 0.500. The van der Waals surface area contributed by atoms with Crippen molar-refractivity contribution in [1.82, 2.24) is 25.3 Å². The van der Waals surface area contributed by atoms with Crippen molar-refractivity contribution in [3.8, 4) is 11.1 Å². The average molecular weight is 471 g/mol. The first kappa shape index (κ1) is 24.0. The summed E-state index contributed by atoms with van der Waals surface area (Å²) < 4.78 is 22.1. The van der Waals surface area contributed by atoms with Crippen molar-refractivity contribution in [2.45, 2.75) is 58.7 Å². The second-order valence-electron chi connectivity index (χ2n) is 9.18. The second kappa shape index (κ2) is 9.63. The molecular weight excluding hydrogens is 439 g/mol. The Hall–Kier alpha value is -3.11. The van der Waals surface area contributed by atoms with Crippen LogP contribution >= 0.6 is 0 Å². The van der Waals surface area contributed by atoms with Crippen LogP contribution in [-0.2, 0) is 10.3 Å². The summed E-state index contributed by atoms with van der Waals surface area (Å²) in [4.78, 5) is 28.0. The Balaban J connectivity index is 1.80. The number of nitrogens with zero attached hydrogens (tertiary/aromatic N) is 3. The van der Waals surface area contributed by atoms with Crippen LogP contribution in [0.4, 0.5) is 15.1 Å². The largest absolute Gasteiger partial charge is 0.382 e. The lowest BCUT2D eigenvalue weighted by Crippen LogP contribution is -2.28. The molecule has 2 atom stereocenters. The minimum atomic E-state index is -1.21. The topological polar surface area (TPSA) is 125 Å². The molecule has 9 nitrogen and oxygen atoms in total. The van der Waals surface area contributed by atoms with E-state index in [4.69, 9.17) is 4.74 Å². The number of hydrogen-bond donors (Lipinski definition) is 4. The Bertz CT molecular complexity index is 1170. The highest BCUT2D eigenvalue weighted by Crippen LogP contribution is 2.41. The summed E-state index contributed by atoms with van der Waals surface area (Å²) in [7, 11) is 0. The first-order valence-corrected chi connectivity index (χ1v) is 11.6. The normalized spacial score (nSPS) is 18.4. The molecule has 2 aromatic heterocycles. The number of aliphatic hydroxyl groups is 1. The molecular formula is C24H31FN6O3. The second-order valence-corrected chi connectivity index (χ2v) is 9.18. The summed E-state index contributed by atoms with van der Waals surface area (Å²) in [5, 5.41) is 15.4. The van der Waals surface area contributed by atoms with E-state index in [2.05, 4.69) is 37.5 Å². The molecule has 2 unspecified atom stereocenters. The van der Waals surface area contributed by atoms with Crippen LogP contribution in [0.2, 0.25) is 0 Å². The van der Waals surface area contributed by atoms with Crippen molar-refractivity contribution in [3.05, 3.63) is 35.7 Å². The highest BCUT2D eigenvalue weighted by molar-refractivity contribution is 5.92. The number of nitrogens with one attached hydrogen (secondary N) is 3. The Morgan fingerprint density at radius 2 is 2.06 bits per heavy atom. The van der Waals surface area contributed by atoms with Crippen LogP contribution in [0, 0.1) is 11.7 Å². The molecule has 4 rings (SSSR count). The van der Waals surface area contributed by atoms with Gasteiger partial charge in [-0.1, -0.05) is 13.3 Å². The van der Waals surface area contributed by atoms with Gasteiger partial charge in [0.1, 0.15) is 11.4 Å². The number of anilines is 1. The van der Waals surface area contributed by atoms with Crippen LogP contribution in [0.15, 0.2) is 18.5 Å². The lowest BCUT2D eigenvalue weighted by molar-refractivity contribution is 0.0687. The third kappa shape index (κ3) is 4.88. The molecule has 1 aromatic carbocycles. The number of hydrogen-bond acceptors (Lipinski definition) is 6. The van der Waals surface area contributed by atoms with Crippen LogP contribution in [-0.4, -0.2) is 44.2 Å². The number of H-pyrrole nitrogens is 1. The van der Waals surface area contributed by atoms with Gasteiger partial charge in [0.05, 0.1) is 23.7 Å². The summed E-state index contributed by atoms with van der Waals surface area (Å²) in [6.07, 6.45) is 5.28. The fourth-order valence-corrected chi connectivity index (χ4v) is 4.31. The highest BCUT2D eigenvalue weighted by atomic mass is 19.1. The molecule has 2 amide bonds. The van der Waals surface area contributed by atoms with Gasteiger partial charge in [-0.15, -0.1) is 0 Å². The number of urea groups is 1. The van der Waals surface area contributed by atoms with Gasteiger partial charge in [-0.05, 0) is 45.6 Å². The van der Waals surface area contributed by atoms with E-state index >= 15 is 4.39 Å². The van der Waals surface area contributed by atoms with E-state index in [9.17, 15) is 9.90 Å². The molecule has 4 N–H and O–H groups in total. The van der Waals surface area contributed by atoms with Gasteiger partial charge in [-0.25, -0.2) is 24.1 Å². The van der Waals surface area contributed by atoms with Crippen LogP contribution in [0.3, 0.4) is 0 Å². The third-order valence-electron chi connectivity index (χ3n) is 5.93. The summed E-state index contributed by atoms with van der Waals surface area (Å²) in [6.45, 7) is 8.15. The van der Waals surface area contributed by atoms with Crippen LogP contribution < -0.4 is 10.6 Å². The standard InChI is InChI=1S/C24H31FN6O3/c1-5-7-13-8-17(34-12-13)18-19(25)15(14-10-27-21(28-11-14)24(3,4)33)9-16-20(18)30-22(29-16)31-23(32)26-6-2/h9-11,13,17,33H,5-8,12H2,1-4H3,(H3,26,29,30,31,32). The molecule has 1 aliphatic heterocycles. The Morgan fingerprint density at radius 3 is 2.71 bits per heavy atom. The summed E-state index contributed by atoms with van der Waals surface area (Å²) in [6, 6.07) is 1.23. The summed E-state index contributed by atoms with van der Waals surface area (Å²) in [5.74, 6) is 0.365. The number of ether oxygens (including phenoxy) is 1. The van der Waals surface area contributed by atoms with E-state index in [1.807, 2.05) is 6.92 Å². The minimum absolute atomic E-state index is 0.218. The van der Waals surface area contributed by atoms with Gasteiger partial charge in [0.25, 0.3) is 0 Å². The zero-order valence-corrected chi connectivity index (χ0v) is 19.9. The summed E-state index contributed by atoms with van der Waals surface area (Å²) in [5.41, 5.74) is 0.890. The summed E-state index contributed by atoms with van der Waals surface area (Å²) >= 11 is 0. The number of imidazole rings is 1. The fourth-order valence-electron chi connectivity index (χ4n) is 4.31. The van der Waals surface area contributed by atoms with Crippen molar-refractivity contribution in [3.63, 3.8) is 0 Å². The lowest BCUT2D eigenvalue weighted by atomic mass is 9.93. The first-order chi connectivity index (χ1) is 16.2. The van der Waals surface area contributed by atoms with Crippen molar-refractivity contribution in [1.29, 1.82) is 0 Å². The maximum absolute atomic E-state index is 16.0. The van der Waals surface area contributed by atoms with E-state index in [-0.39, 0.29) is 11.8 Å². The van der Waals surface area contributed by atoms with E-state index in [1.165, 1.54) is 12.4 Å². The van der Waals surface area contributed by atoms with Crippen LogP contribution in [0.25, 0.3) is 22.2 Å². The molecule has 1 saturated heterocycles. The first-order valence-electron chi connectivity index (χ1n) is 11.6. The number of benzene rings is 1. The monoisotopic (exact) mass is 470 g/mol. The predicted octanol–water partition coefficient (Wildman–Crippen LogP) is 4.41. The number of rotatable bonds is 7. The lowest BCUT2D eigenvalue weighted by Gasteiger charge is -2.17. The van der Waals surface area contributed by atoms with Gasteiger partial charge >= 0.3 is 6.03 Å². The number of fused-ring (bicyclic) bond motifs is 1. The number of aromatic nitrogens is 4. The molecule has 0 bridgehead atoms. The molecule has 0 radical (unpaired) electrons. The average Bonchev–Trinajstić information content (AvgIpc) is 3.40. The van der Waals surface area contributed by atoms with Gasteiger partial charge in [-0.3, -0.25) is 5.32 Å². The Morgan fingerprint density at radius 1 is 1.32 bits per heavy atom. The molecule has 0 saturated carbocycles. The smallest absolute Gasteiger partial charge is 0.321 e. The van der Waals surface area contributed by atoms with Gasteiger partial charge in [0.2, 0.25) is 5.95 Å². The molecule has 0 spiro atoms. The number of aromatic amines is 1. The van der Waals surface area contributed by atoms with Gasteiger partial charge in [0, 0.05) is 35.6 Å². The van der Waals surface area contributed by atoms with Gasteiger partial charge in [-0.2, -0.15) is 0 Å². The van der Waals surface area contributed by atoms with Crippen LogP contribution in [0.1, 0.15) is 64.4 Å². The number of halogens is 1. The molecule has 1 aliphatic rings. The number of carbonyl (C=O) groups is 1. The quantitative estimate of drug-likeness (QED) is 0.405. The van der Waals surface area contributed by atoms with E-state index < -0.39 is 23.6 Å². The van der Waals surface area contributed by atoms with Crippen molar-refractivity contribution >= 4 is 23.0 Å². The van der Waals surface area contributed by atoms with Crippen molar-refractivity contribution < 1.29 is 19.0 Å². The molecule has 1 fully saturated rings. The minimum Gasteiger partial charge on any atom is -0.382 e. The predicted molar refractivity (Wildman–Crippen MR) is 127 cm³/mol. The maximum Gasteiger partial charge on any atom is 0.321 e. The third-order valence-corrected chi connectivity index (χ3v) is 5.93. The molecule has 3 aromatic rings. The molecule has 182 valence electrons. The van der Waals surface area contributed by atoms with Crippen LogP contribution in [0.5, 0.6) is 0 Å². The maximum atomic E-state index is 16.0. The molecule has 3 heterocycles. The van der Waals surface area contributed by atoms with E-state index in [0.29, 0.717) is 53.2 Å². The van der Waals surface area contributed by atoms with Gasteiger partial charge < -0.3 is 20.1 Å². The zero-order chi connectivity index (χ0) is 24.5.